The number of aromatic nitrogens is 3. The van der Waals surface area contributed by atoms with Gasteiger partial charge < -0.3 is 14.2 Å². The van der Waals surface area contributed by atoms with Crippen molar-refractivity contribution in [1.82, 2.24) is 14.1 Å². The number of carbonyl (C=O) groups is 1. The Morgan fingerprint density at radius 3 is 2.66 bits per heavy atom. The lowest BCUT2D eigenvalue weighted by Gasteiger charge is -2.22. The summed E-state index contributed by atoms with van der Waals surface area (Å²) in [6.07, 6.45) is 3.33. The molecule has 2 heterocycles. The molecule has 7 heteroatoms. The van der Waals surface area contributed by atoms with Crippen LogP contribution >= 0.6 is 0 Å². The number of aryl methyl sites for hydroxylation is 2. The number of nitrogens with zero attached hydrogens (tertiary/aromatic N) is 4. The number of ether oxygens (including phenoxy) is 1. The summed E-state index contributed by atoms with van der Waals surface area (Å²) < 4.78 is 8.46. The summed E-state index contributed by atoms with van der Waals surface area (Å²) >= 11 is 0. The van der Waals surface area contributed by atoms with E-state index in [9.17, 15) is 9.59 Å². The van der Waals surface area contributed by atoms with Crippen molar-refractivity contribution in [2.24, 2.45) is 7.05 Å². The van der Waals surface area contributed by atoms with Gasteiger partial charge in [-0.05, 0) is 49.2 Å². The lowest BCUT2D eigenvalue weighted by Crippen LogP contribution is -2.36. The van der Waals surface area contributed by atoms with E-state index in [1.165, 1.54) is 10.9 Å². The second-order valence-electron chi connectivity index (χ2n) is 7.74. The van der Waals surface area contributed by atoms with Crippen molar-refractivity contribution in [3.8, 4) is 16.9 Å². The van der Waals surface area contributed by atoms with E-state index in [4.69, 9.17) is 4.74 Å². The van der Waals surface area contributed by atoms with Crippen LogP contribution in [-0.4, -0.2) is 33.7 Å². The number of fused-ring (bicyclic) bond motifs is 1. The largest absolute Gasteiger partial charge is 0.497 e. The predicted octanol–water partition coefficient (Wildman–Crippen LogP) is 3.77. The molecular formula is C25H26N4O3. The van der Waals surface area contributed by atoms with E-state index >= 15 is 0 Å². The third-order valence-corrected chi connectivity index (χ3v) is 5.56. The Bertz CT molecular complexity index is 1350. The number of methoxy groups -OCH3 is 1. The van der Waals surface area contributed by atoms with Crippen molar-refractivity contribution in [2.75, 3.05) is 18.6 Å². The highest BCUT2D eigenvalue weighted by Crippen LogP contribution is 2.29. The predicted molar refractivity (Wildman–Crippen MR) is 126 cm³/mol. The average Bonchev–Trinajstić information content (AvgIpc) is 3.13. The normalized spacial score (nSPS) is 11.0. The van der Waals surface area contributed by atoms with Gasteiger partial charge in [-0.2, -0.15) is 0 Å². The summed E-state index contributed by atoms with van der Waals surface area (Å²) in [5, 5.41) is 0. The molecule has 1 amide bonds. The zero-order valence-electron chi connectivity index (χ0n) is 18.7. The average molecular weight is 431 g/mol. The molecule has 0 aliphatic rings. The first-order valence-corrected chi connectivity index (χ1v) is 10.5. The summed E-state index contributed by atoms with van der Waals surface area (Å²) in [6, 6.07) is 15.4. The maximum atomic E-state index is 13.3. The molecule has 4 rings (SSSR count). The van der Waals surface area contributed by atoms with E-state index in [1.54, 1.807) is 16.6 Å². The van der Waals surface area contributed by atoms with Gasteiger partial charge in [-0.3, -0.25) is 14.2 Å². The van der Waals surface area contributed by atoms with Crippen LogP contribution < -0.4 is 15.2 Å². The molecule has 0 spiro atoms. The second kappa shape index (κ2) is 8.70. The Kier molecular flexibility index (Phi) is 5.81. The zero-order valence-corrected chi connectivity index (χ0v) is 18.7. The number of benzene rings is 2. The van der Waals surface area contributed by atoms with Crippen molar-refractivity contribution in [1.29, 1.82) is 0 Å². The van der Waals surface area contributed by atoms with E-state index in [2.05, 4.69) is 4.98 Å². The van der Waals surface area contributed by atoms with Gasteiger partial charge in [0, 0.05) is 31.0 Å². The Labute approximate surface area is 186 Å². The van der Waals surface area contributed by atoms with Crippen molar-refractivity contribution in [3.63, 3.8) is 0 Å². The van der Waals surface area contributed by atoms with Crippen LogP contribution in [0.2, 0.25) is 0 Å². The SMILES string of the molecule is CCN(C(=O)Cn1cnc2c(-c3cccc(OC)c3)cn(C)c2c1=O)c1cccc(C)c1. The Balaban J connectivity index is 1.70. The second-order valence-corrected chi connectivity index (χ2v) is 7.74. The van der Waals surface area contributed by atoms with Crippen molar-refractivity contribution >= 4 is 22.6 Å². The molecule has 32 heavy (non-hydrogen) atoms. The third-order valence-electron chi connectivity index (χ3n) is 5.56. The van der Waals surface area contributed by atoms with Gasteiger partial charge in [-0.25, -0.2) is 4.98 Å². The first-order chi connectivity index (χ1) is 15.4. The topological polar surface area (TPSA) is 69.4 Å². The molecule has 0 aliphatic carbocycles. The molecule has 0 fully saturated rings. The number of amides is 1. The minimum absolute atomic E-state index is 0.0801. The van der Waals surface area contributed by atoms with Crippen LogP contribution in [-0.2, 0) is 18.4 Å². The molecule has 4 aromatic rings. The molecule has 0 atom stereocenters. The molecular weight excluding hydrogens is 404 g/mol. The summed E-state index contributed by atoms with van der Waals surface area (Å²) in [5.41, 5.74) is 4.44. The van der Waals surface area contributed by atoms with E-state index < -0.39 is 0 Å². The molecule has 0 aliphatic heterocycles. The van der Waals surface area contributed by atoms with Gasteiger partial charge in [0.05, 0.1) is 13.4 Å². The maximum Gasteiger partial charge on any atom is 0.278 e. The van der Waals surface area contributed by atoms with Gasteiger partial charge >= 0.3 is 0 Å². The van der Waals surface area contributed by atoms with Crippen molar-refractivity contribution in [3.05, 3.63) is 77.0 Å². The third kappa shape index (κ3) is 3.89. The van der Waals surface area contributed by atoms with Crippen LogP contribution in [0.4, 0.5) is 5.69 Å². The minimum atomic E-state index is -0.250. The van der Waals surface area contributed by atoms with Crippen molar-refractivity contribution < 1.29 is 9.53 Å². The zero-order chi connectivity index (χ0) is 22.8. The molecule has 2 aromatic carbocycles. The molecule has 2 aromatic heterocycles. The highest BCUT2D eigenvalue weighted by Gasteiger charge is 2.19. The maximum absolute atomic E-state index is 13.3. The van der Waals surface area contributed by atoms with Gasteiger partial charge in [0.25, 0.3) is 5.56 Å². The number of hydrogen-bond donors (Lipinski definition) is 0. The summed E-state index contributed by atoms with van der Waals surface area (Å²) in [4.78, 5) is 32.5. The molecule has 7 nitrogen and oxygen atoms in total. The minimum Gasteiger partial charge on any atom is -0.497 e. The van der Waals surface area contributed by atoms with Crippen molar-refractivity contribution in [2.45, 2.75) is 20.4 Å². The molecule has 0 saturated heterocycles. The van der Waals surface area contributed by atoms with E-state index in [-0.39, 0.29) is 18.0 Å². The fraction of sp³-hybridized carbons (Fsp3) is 0.240. The van der Waals surface area contributed by atoms with Gasteiger partial charge in [-0.15, -0.1) is 0 Å². The smallest absolute Gasteiger partial charge is 0.278 e. The standard InChI is InChI=1S/C25H26N4O3/c1-5-29(19-10-6-8-17(2)12-19)22(30)15-28-16-26-23-21(14-27(3)24(23)25(28)31)18-9-7-11-20(13-18)32-4/h6-14,16H,5,15H2,1-4H3. The number of rotatable bonds is 6. The molecule has 164 valence electrons. The van der Waals surface area contributed by atoms with Gasteiger partial charge in [-0.1, -0.05) is 24.3 Å². The van der Waals surface area contributed by atoms with E-state index in [0.29, 0.717) is 17.6 Å². The van der Waals surface area contributed by atoms with Crippen LogP contribution in [0.15, 0.2) is 65.8 Å². The van der Waals surface area contributed by atoms with Crippen LogP contribution in [0.5, 0.6) is 5.75 Å². The Hall–Kier alpha value is -3.87. The first kappa shape index (κ1) is 21.4. The van der Waals surface area contributed by atoms with E-state index in [1.807, 2.05) is 75.6 Å². The number of carbonyl (C=O) groups excluding carboxylic acids is 1. The lowest BCUT2D eigenvalue weighted by molar-refractivity contribution is -0.119. The van der Waals surface area contributed by atoms with Crippen LogP contribution in [0.3, 0.4) is 0 Å². The van der Waals surface area contributed by atoms with Crippen LogP contribution in [0.25, 0.3) is 22.2 Å². The fourth-order valence-electron chi connectivity index (χ4n) is 3.96. The molecule has 0 unspecified atom stereocenters. The Morgan fingerprint density at radius 1 is 1.16 bits per heavy atom. The highest BCUT2D eigenvalue weighted by molar-refractivity contribution is 5.94. The monoisotopic (exact) mass is 430 g/mol. The lowest BCUT2D eigenvalue weighted by atomic mass is 10.1. The molecule has 0 radical (unpaired) electrons. The molecule has 0 saturated carbocycles. The Morgan fingerprint density at radius 2 is 1.94 bits per heavy atom. The van der Waals surface area contributed by atoms with Crippen LogP contribution in [0.1, 0.15) is 12.5 Å². The molecule has 0 N–H and O–H groups in total. The summed E-state index contributed by atoms with van der Waals surface area (Å²) in [5.74, 6) is 0.567. The first-order valence-electron chi connectivity index (χ1n) is 10.5. The van der Waals surface area contributed by atoms with Crippen LogP contribution in [0, 0.1) is 6.92 Å². The summed E-state index contributed by atoms with van der Waals surface area (Å²) in [7, 11) is 3.43. The van der Waals surface area contributed by atoms with E-state index in [0.717, 1.165) is 28.1 Å². The summed E-state index contributed by atoms with van der Waals surface area (Å²) in [6.45, 7) is 4.33. The quantitative estimate of drug-likeness (QED) is 0.467. The highest BCUT2D eigenvalue weighted by atomic mass is 16.5. The van der Waals surface area contributed by atoms with Gasteiger partial charge in [0.1, 0.15) is 23.3 Å². The molecule has 0 bridgehead atoms. The van der Waals surface area contributed by atoms with Gasteiger partial charge in [0.15, 0.2) is 0 Å². The number of anilines is 1. The van der Waals surface area contributed by atoms with Gasteiger partial charge in [0.2, 0.25) is 5.91 Å². The fourth-order valence-corrected chi connectivity index (χ4v) is 3.96. The number of likely N-dealkylation sites (N-methyl/N-ethyl adjacent to an activating group) is 1. The number of hydrogen-bond acceptors (Lipinski definition) is 4.